The van der Waals surface area contributed by atoms with Gasteiger partial charge >= 0.3 is 0 Å². The summed E-state index contributed by atoms with van der Waals surface area (Å²) in [5.74, 6) is 1.86. The Labute approximate surface area is 92.1 Å². The van der Waals surface area contributed by atoms with Crippen LogP contribution in [0.4, 0.5) is 0 Å². The third-order valence-electron chi connectivity index (χ3n) is 2.36. The van der Waals surface area contributed by atoms with E-state index in [0.29, 0.717) is 6.54 Å². The molecule has 0 aliphatic carbocycles. The highest BCUT2D eigenvalue weighted by atomic mass is 16.4. The van der Waals surface area contributed by atoms with E-state index in [4.69, 9.17) is 10.2 Å². The summed E-state index contributed by atoms with van der Waals surface area (Å²) in [7, 11) is 0. The van der Waals surface area contributed by atoms with Crippen LogP contribution >= 0.6 is 0 Å². The number of hydrogen-bond donors (Lipinski definition) is 1. The van der Waals surface area contributed by atoms with Gasteiger partial charge in [-0.2, -0.15) is 0 Å². The van der Waals surface area contributed by atoms with Gasteiger partial charge in [0.25, 0.3) is 0 Å². The van der Waals surface area contributed by atoms with Crippen LogP contribution in [0.5, 0.6) is 0 Å². The molecule has 0 saturated heterocycles. The van der Waals surface area contributed by atoms with E-state index in [1.54, 1.807) is 0 Å². The second-order valence-electron chi connectivity index (χ2n) is 4.88. The SMILES string of the molecule is CCc1nc(C(C)(C)C)oc1CCCN. The van der Waals surface area contributed by atoms with Crippen LogP contribution in [0.3, 0.4) is 0 Å². The molecule has 3 nitrogen and oxygen atoms in total. The first-order valence-electron chi connectivity index (χ1n) is 5.68. The molecule has 15 heavy (non-hydrogen) atoms. The number of nitrogens with zero attached hydrogens (tertiary/aromatic N) is 1. The van der Waals surface area contributed by atoms with Gasteiger partial charge in [0, 0.05) is 11.8 Å². The van der Waals surface area contributed by atoms with Crippen molar-refractivity contribution in [2.45, 2.75) is 52.4 Å². The maximum Gasteiger partial charge on any atom is 0.200 e. The summed E-state index contributed by atoms with van der Waals surface area (Å²) in [4.78, 5) is 4.55. The van der Waals surface area contributed by atoms with Crippen molar-refractivity contribution in [3.63, 3.8) is 0 Å². The van der Waals surface area contributed by atoms with Gasteiger partial charge in [-0.3, -0.25) is 0 Å². The zero-order chi connectivity index (χ0) is 11.5. The van der Waals surface area contributed by atoms with E-state index in [2.05, 4.69) is 32.7 Å². The lowest BCUT2D eigenvalue weighted by atomic mass is 9.97. The Hall–Kier alpha value is -0.830. The lowest BCUT2D eigenvalue weighted by Gasteiger charge is -2.12. The molecule has 0 atom stereocenters. The molecule has 0 radical (unpaired) electrons. The molecule has 0 amide bonds. The summed E-state index contributed by atoms with van der Waals surface area (Å²) in [5.41, 5.74) is 6.58. The first-order valence-corrected chi connectivity index (χ1v) is 5.68. The zero-order valence-electron chi connectivity index (χ0n) is 10.3. The smallest absolute Gasteiger partial charge is 0.200 e. The van der Waals surface area contributed by atoms with E-state index in [9.17, 15) is 0 Å². The molecule has 1 aromatic rings. The molecule has 1 heterocycles. The van der Waals surface area contributed by atoms with Crippen molar-refractivity contribution < 1.29 is 4.42 Å². The van der Waals surface area contributed by atoms with Crippen LogP contribution in [0.25, 0.3) is 0 Å². The summed E-state index contributed by atoms with van der Waals surface area (Å²) in [6.45, 7) is 9.16. The van der Waals surface area contributed by atoms with E-state index in [-0.39, 0.29) is 5.41 Å². The van der Waals surface area contributed by atoms with E-state index in [0.717, 1.165) is 36.6 Å². The summed E-state index contributed by atoms with van der Waals surface area (Å²) in [5, 5.41) is 0. The van der Waals surface area contributed by atoms with Gasteiger partial charge in [0.05, 0.1) is 5.69 Å². The van der Waals surface area contributed by atoms with Crippen LogP contribution in [0, 0.1) is 0 Å². The highest BCUT2D eigenvalue weighted by molar-refractivity contribution is 5.13. The summed E-state index contributed by atoms with van der Waals surface area (Å²) in [6, 6.07) is 0. The van der Waals surface area contributed by atoms with Crippen LogP contribution in [0.2, 0.25) is 0 Å². The molecule has 0 aromatic carbocycles. The molecule has 1 rings (SSSR count). The predicted molar refractivity (Wildman–Crippen MR) is 62.0 cm³/mol. The Bertz CT molecular complexity index is 310. The monoisotopic (exact) mass is 210 g/mol. The molecule has 1 aromatic heterocycles. The standard InChI is InChI=1S/C12H22N2O/c1-5-9-10(7-6-8-13)15-11(14-9)12(2,3)4/h5-8,13H2,1-4H3. The number of rotatable bonds is 4. The molecule has 86 valence electrons. The van der Waals surface area contributed by atoms with Crippen LogP contribution < -0.4 is 5.73 Å². The second kappa shape index (κ2) is 4.79. The molecule has 0 spiro atoms. The topological polar surface area (TPSA) is 52.0 Å². The van der Waals surface area contributed by atoms with Gasteiger partial charge in [-0.1, -0.05) is 27.7 Å². The largest absolute Gasteiger partial charge is 0.445 e. The lowest BCUT2D eigenvalue weighted by molar-refractivity contribution is 0.371. The first-order chi connectivity index (χ1) is 6.99. The van der Waals surface area contributed by atoms with Gasteiger partial charge in [0.15, 0.2) is 5.89 Å². The molecular weight excluding hydrogens is 188 g/mol. The van der Waals surface area contributed by atoms with Gasteiger partial charge in [0.1, 0.15) is 5.76 Å². The highest BCUT2D eigenvalue weighted by Crippen LogP contribution is 2.24. The summed E-state index contributed by atoms with van der Waals surface area (Å²) in [6.07, 6.45) is 2.80. The quantitative estimate of drug-likeness (QED) is 0.830. The average molecular weight is 210 g/mol. The van der Waals surface area contributed by atoms with Crippen LogP contribution in [-0.4, -0.2) is 11.5 Å². The van der Waals surface area contributed by atoms with Gasteiger partial charge in [-0.15, -0.1) is 0 Å². The molecule has 0 aliphatic rings. The van der Waals surface area contributed by atoms with Gasteiger partial charge in [-0.25, -0.2) is 4.98 Å². The Morgan fingerprint density at radius 2 is 2.00 bits per heavy atom. The number of oxazole rings is 1. The summed E-state index contributed by atoms with van der Waals surface area (Å²) >= 11 is 0. The van der Waals surface area contributed by atoms with Crippen molar-refractivity contribution >= 4 is 0 Å². The van der Waals surface area contributed by atoms with E-state index >= 15 is 0 Å². The van der Waals surface area contributed by atoms with Gasteiger partial charge in [0.2, 0.25) is 0 Å². The maximum atomic E-state index is 5.81. The van der Waals surface area contributed by atoms with E-state index < -0.39 is 0 Å². The van der Waals surface area contributed by atoms with Crippen molar-refractivity contribution in [3.05, 3.63) is 17.3 Å². The Morgan fingerprint density at radius 1 is 1.33 bits per heavy atom. The van der Waals surface area contributed by atoms with Gasteiger partial charge < -0.3 is 10.2 Å². The predicted octanol–water partition coefficient (Wildman–Crippen LogP) is 2.43. The molecule has 2 N–H and O–H groups in total. The van der Waals surface area contributed by atoms with Crippen molar-refractivity contribution in [1.29, 1.82) is 0 Å². The summed E-state index contributed by atoms with van der Waals surface area (Å²) < 4.78 is 5.81. The molecule has 0 unspecified atom stereocenters. The third kappa shape index (κ3) is 3.06. The molecule has 0 aliphatic heterocycles. The minimum absolute atomic E-state index is 0.00904. The molecular formula is C12H22N2O. The number of nitrogens with two attached hydrogens (primary N) is 1. The third-order valence-corrected chi connectivity index (χ3v) is 2.36. The molecule has 3 heteroatoms. The zero-order valence-corrected chi connectivity index (χ0v) is 10.3. The molecule has 0 saturated carbocycles. The lowest BCUT2D eigenvalue weighted by Crippen LogP contribution is -2.11. The maximum absolute atomic E-state index is 5.81. The number of aromatic nitrogens is 1. The molecule has 0 fully saturated rings. The molecule has 0 bridgehead atoms. The van der Waals surface area contributed by atoms with Crippen LogP contribution in [0.1, 0.15) is 51.5 Å². The minimum Gasteiger partial charge on any atom is -0.445 e. The fourth-order valence-electron chi connectivity index (χ4n) is 1.44. The average Bonchev–Trinajstić information content (AvgIpc) is 2.57. The Kier molecular flexibility index (Phi) is 3.91. The van der Waals surface area contributed by atoms with E-state index in [1.807, 2.05) is 0 Å². The Morgan fingerprint density at radius 3 is 2.47 bits per heavy atom. The number of aryl methyl sites for hydroxylation is 2. The van der Waals surface area contributed by atoms with Crippen molar-refractivity contribution in [1.82, 2.24) is 4.98 Å². The van der Waals surface area contributed by atoms with Crippen LogP contribution in [-0.2, 0) is 18.3 Å². The fourth-order valence-corrected chi connectivity index (χ4v) is 1.44. The van der Waals surface area contributed by atoms with Crippen molar-refractivity contribution in [2.24, 2.45) is 5.73 Å². The number of hydrogen-bond acceptors (Lipinski definition) is 3. The second-order valence-corrected chi connectivity index (χ2v) is 4.88. The Balaban J connectivity index is 2.90. The fraction of sp³-hybridized carbons (Fsp3) is 0.750. The van der Waals surface area contributed by atoms with Crippen LogP contribution in [0.15, 0.2) is 4.42 Å². The van der Waals surface area contributed by atoms with Crippen molar-refractivity contribution in [2.75, 3.05) is 6.54 Å². The highest BCUT2D eigenvalue weighted by Gasteiger charge is 2.22. The first kappa shape index (κ1) is 12.2. The van der Waals surface area contributed by atoms with E-state index in [1.165, 1.54) is 0 Å². The minimum atomic E-state index is -0.00904. The normalized spacial score (nSPS) is 12.1. The van der Waals surface area contributed by atoms with Crippen molar-refractivity contribution in [3.8, 4) is 0 Å². The van der Waals surface area contributed by atoms with Gasteiger partial charge in [-0.05, 0) is 19.4 Å².